The Bertz CT molecular complexity index is 968. The highest BCUT2D eigenvalue weighted by Gasteiger charge is 2.27. The molecule has 0 aliphatic carbocycles. The van der Waals surface area contributed by atoms with Gasteiger partial charge in [-0.15, -0.1) is 0 Å². The van der Waals surface area contributed by atoms with Gasteiger partial charge in [0.05, 0.1) is 0 Å². The number of primary amides is 1. The minimum absolute atomic E-state index is 0.152. The first kappa shape index (κ1) is 19.0. The van der Waals surface area contributed by atoms with Crippen molar-refractivity contribution in [3.63, 3.8) is 0 Å². The van der Waals surface area contributed by atoms with Crippen molar-refractivity contribution in [1.82, 2.24) is 14.9 Å². The maximum atomic E-state index is 12.7. The zero-order chi connectivity index (χ0) is 19.9. The van der Waals surface area contributed by atoms with Crippen molar-refractivity contribution in [3.05, 3.63) is 90.0 Å². The average molecular weight is 376 g/mol. The average Bonchev–Trinajstić information content (AvgIpc) is 3.16. The van der Waals surface area contributed by atoms with E-state index < -0.39 is 23.6 Å². The van der Waals surface area contributed by atoms with Crippen molar-refractivity contribution in [2.24, 2.45) is 5.73 Å². The molecule has 3 rings (SSSR count). The highest BCUT2D eigenvalue weighted by Crippen LogP contribution is 2.08. The first-order chi connectivity index (χ1) is 13.5. The number of benzene rings is 2. The normalized spacial score (nSPS) is 11.6. The third-order valence-electron chi connectivity index (χ3n) is 4.26. The van der Waals surface area contributed by atoms with E-state index in [0.717, 1.165) is 11.1 Å². The van der Waals surface area contributed by atoms with Crippen LogP contribution in [-0.4, -0.2) is 33.2 Å². The fourth-order valence-corrected chi connectivity index (χ4v) is 2.88. The number of nitrogens with one attached hydrogen (secondary N) is 1. The van der Waals surface area contributed by atoms with E-state index in [0.29, 0.717) is 6.54 Å². The Hall–Kier alpha value is -3.74. The van der Waals surface area contributed by atoms with Crippen LogP contribution in [-0.2, 0) is 22.6 Å². The van der Waals surface area contributed by atoms with Gasteiger partial charge < -0.3 is 15.6 Å². The number of carbonyl (C=O) groups excluding carboxylic acids is 3. The molecule has 0 radical (unpaired) electrons. The summed E-state index contributed by atoms with van der Waals surface area (Å²) in [4.78, 5) is 40.5. The molecule has 1 atom stereocenters. The number of carbonyl (C=O) groups is 3. The van der Waals surface area contributed by atoms with E-state index in [1.165, 1.54) is 6.20 Å². The lowest BCUT2D eigenvalue weighted by Gasteiger charge is -2.17. The number of hydrogen-bond acceptors (Lipinski definition) is 4. The number of hydrogen-bond donors (Lipinski definition) is 2. The number of amides is 2. The molecule has 7 nitrogen and oxygen atoms in total. The molecule has 3 aromatic rings. The van der Waals surface area contributed by atoms with Crippen LogP contribution in [0.5, 0.6) is 0 Å². The molecule has 0 saturated carbocycles. The predicted octanol–water partition coefficient (Wildman–Crippen LogP) is 1.33. The second-order valence-electron chi connectivity index (χ2n) is 6.31. The Labute approximate surface area is 162 Å². The lowest BCUT2D eigenvalue weighted by atomic mass is 10.0. The maximum Gasteiger partial charge on any atom is 0.287 e. The third-order valence-corrected chi connectivity index (χ3v) is 4.26. The van der Waals surface area contributed by atoms with E-state index in [4.69, 9.17) is 5.73 Å². The van der Waals surface area contributed by atoms with Crippen molar-refractivity contribution < 1.29 is 14.4 Å². The summed E-state index contributed by atoms with van der Waals surface area (Å²) < 4.78 is 1.68. The van der Waals surface area contributed by atoms with Gasteiger partial charge in [-0.05, 0) is 11.1 Å². The second-order valence-corrected chi connectivity index (χ2v) is 6.31. The van der Waals surface area contributed by atoms with Crippen LogP contribution in [0.4, 0.5) is 0 Å². The smallest absolute Gasteiger partial charge is 0.287 e. The summed E-state index contributed by atoms with van der Waals surface area (Å²) in [7, 11) is 0. The fraction of sp³-hybridized carbons (Fsp3) is 0.143. The second kappa shape index (κ2) is 8.77. The van der Waals surface area contributed by atoms with E-state index in [1.54, 1.807) is 10.8 Å². The van der Waals surface area contributed by atoms with Gasteiger partial charge in [-0.3, -0.25) is 14.4 Å². The van der Waals surface area contributed by atoms with Crippen LogP contribution < -0.4 is 11.1 Å². The Morgan fingerprint density at radius 3 is 2.18 bits per heavy atom. The lowest BCUT2D eigenvalue weighted by molar-refractivity contribution is -0.137. The largest absolute Gasteiger partial charge is 0.363 e. The van der Waals surface area contributed by atoms with Crippen LogP contribution in [0.15, 0.2) is 73.1 Å². The Morgan fingerprint density at radius 1 is 0.964 bits per heavy atom. The molecule has 0 unspecified atom stereocenters. The topological polar surface area (TPSA) is 107 Å². The number of imidazole rings is 1. The molecule has 0 saturated heterocycles. The summed E-state index contributed by atoms with van der Waals surface area (Å²) in [5.41, 5.74) is 6.96. The van der Waals surface area contributed by atoms with Crippen molar-refractivity contribution >= 4 is 17.6 Å². The molecule has 1 aromatic heterocycles. The van der Waals surface area contributed by atoms with E-state index >= 15 is 0 Å². The standard InChI is InChI=1S/C21H20N4O3/c22-19(27)18(26)17(13-15-7-3-1-4-8-15)24-21(28)20-23-11-12-25(20)14-16-9-5-2-6-10-16/h1-12,17H,13-14H2,(H2,22,27)(H,24,28)/t17-/m0/s1. The maximum absolute atomic E-state index is 12.7. The number of aromatic nitrogens is 2. The van der Waals surface area contributed by atoms with Crippen molar-refractivity contribution in [2.75, 3.05) is 0 Å². The van der Waals surface area contributed by atoms with Gasteiger partial charge in [0.2, 0.25) is 5.78 Å². The van der Waals surface area contributed by atoms with Crippen molar-refractivity contribution in [2.45, 2.75) is 19.0 Å². The van der Waals surface area contributed by atoms with Crippen LogP contribution in [0.1, 0.15) is 21.7 Å². The minimum Gasteiger partial charge on any atom is -0.363 e. The fourth-order valence-electron chi connectivity index (χ4n) is 2.88. The first-order valence-corrected chi connectivity index (χ1v) is 8.78. The highest BCUT2D eigenvalue weighted by molar-refractivity contribution is 6.38. The van der Waals surface area contributed by atoms with Crippen LogP contribution in [0.3, 0.4) is 0 Å². The molecule has 0 bridgehead atoms. The van der Waals surface area contributed by atoms with Crippen LogP contribution in [0, 0.1) is 0 Å². The van der Waals surface area contributed by atoms with E-state index in [2.05, 4.69) is 10.3 Å². The number of Topliss-reactive ketones (excluding diaryl/α,β-unsaturated/α-hetero) is 1. The number of nitrogens with zero attached hydrogens (tertiary/aromatic N) is 2. The number of ketones is 1. The molecule has 7 heteroatoms. The zero-order valence-corrected chi connectivity index (χ0v) is 15.1. The lowest BCUT2D eigenvalue weighted by Crippen LogP contribution is -2.47. The van der Waals surface area contributed by atoms with E-state index in [1.807, 2.05) is 60.7 Å². The first-order valence-electron chi connectivity index (χ1n) is 8.78. The molecule has 0 aliphatic heterocycles. The molecular weight excluding hydrogens is 356 g/mol. The Balaban J connectivity index is 1.78. The number of rotatable bonds is 8. The zero-order valence-electron chi connectivity index (χ0n) is 15.1. The van der Waals surface area contributed by atoms with Crippen LogP contribution >= 0.6 is 0 Å². The van der Waals surface area contributed by atoms with Crippen molar-refractivity contribution in [1.29, 1.82) is 0 Å². The van der Waals surface area contributed by atoms with Crippen molar-refractivity contribution in [3.8, 4) is 0 Å². The molecule has 0 fully saturated rings. The summed E-state index contributed by atoms with van der Waals surface area (Å²) in [6, 6.07) is 17.6. The minimum atomic E-state index is -1.09. The third kappa shape index (κ3) is 4.70. The number of nitrogens with two attached hydrogens (primary N) is 1. The molecule has 28 heavy (non-hydrogen) atoms. The molecule has 2 amide bonds. The molecule has 2 aromatic carbocycles. The SMILES string of the molecule is NC(=O)C(=O)[C@H](Cc1ccccc1)NC(=O)c1nccn1Cc1ccccc1. The van der Waals surface area contributed by atoms with Gasteiger partial charge in [-0.25, -0.2) is 4.98 Å². The summed E-state index contributed by atoms with van der Waals surface area (Å²) in [5, 5.41) is 2.60. The highest BCUT2D eigenvalue weighted by atomic mass is 16.2. The Kier molecular flexibility index (Phi) is 5.96. The van der Waals surface area contributed by atoms with Gasteiger partial charge >= 0.3 is 0 Å². The molecule has 1 heterocycles. The summed E-state index contributed by atoms with van der Waals surface area (Å²) in [6.07, 6.45) is 3.36. The monoisotopic (exact) mass is 376 g/mol. The summed E-state index contributed by atoms with van der Waals surface area (Å²) in [6.45, 7) is 0.455. The molecule has 3 N–H and O–H groups in total. The van der Waals surface area contributed by atoms with Gasteiger partial charge in [0.15, 0.2) is 5.82 Å². The van der Waals surface area contributed by atoms with Gasteiger partial charge in [-0.2, -0.15) is 0 Å². The van der Waals surface area contributed by atoms with E-state index in [-0.39, 0.29) is 12.2 Å². The summed E-state index contributed by atoms with van der Waals surface area (Å²) >= 11 is 0. The van der Waals surface area contributed by atoms with Crippen LogP contribution in [0.2, 0.25) is 0 Å². The predicted molar refractivity (Wildman–Crippen MR) is 103 cm³/mol. The van der Waals surface area contributed by atoms with Gasteiger partial charge in [-0.1, -0.05) is 60.7 Å². The van der Waals surface area contributed by atoms with Gasteiger partial charge in [0, 0.05) is 25.4 Å². The van der Waals surface area contributed by atoms with E-state index in [9.17, 15) is 14.4 Å². The molecule has 142 valence electrons. The van der Waals surface area contributed by atoms with Gasteiger partial charge in [0.25, 0.3) is 11.8 Å². The Morgan fingerprint density at radius 2 is 1.57 bits per heavy atom. The van der Waals surface area contributed by atoms with Gasteiger partial charge in [0.1, 0.15) is 6.04 Å². The molecule has 0 spiro atoms. The van der Waals surface area contributed by atoms with Crippen LogP contribution in [0.25, 0.3) is 0 Å². The summed E-state index contributed by atoms with van der Waals surface area (Å²) in [5.74, 6) is -2.33. The molecular formula is C21H20N4O3. The molecule has 0 aliphatic rings. The quantitative estimate of drug-likeness (QED) is 0.578.